The second-order valence-electron chi connectivity index (χ2n) is 3.80. The first-order valence-corrected chi connectivity index (χ1v) is 7.15. The van der Waals surface area contributed by atoms with E-state index in [9.17, 15) is 10.1 Å². The Hall–Kier alpha value is -1.64. The van der Waals surface area contributed by atoms with E-state index in [1.165, 1.54) is 11.3 Å². The van der Waals surface area contributed by atoms with Crippen molar-refractivity contribution in [2.24, 2.45) is 0 Å². The van der Waals surface area contributed by atoms with Crippen LogP contribution in [0.4, 0.5) is 0 Å². The van der Waals surface area contributed by atoms with Crippen LogP contribution in [0.5, 0.6) is 5.75 Å². The fourth-order valence-corrected chi connectivity index (χ4v) is 3.22. The summed E-state index contributed by atoms with van der Waals surface area (Å²) in [6.45, 7) is 0. The third kappa shape index (κ3) is 2.86. The number of hydrogen-bond acceptors (Lipinski definition) is 4. The van der Waals surface area contributed by atoms with Gasteiger partial charge in [0.1, 0.15) is 11.7 Å². The number of nitriles is 1. The number of methoxy groups -OCH3 is 1. The van der Waals surface area contributed by atoms with Crippen molar-refractivity contribution in [1.29, 1.82) is 5.26 Å². The third-order valence-electron chi connectivity index (χ3n) is 2.68. The van der Waals surface area contributed by atoms with Crippen LogP contribution in [-0.4, -0.2) is 12.9 Å². The summed E-state index contributed by atoms with van der Waals surface area (Å²) in [4.78, 5) is 12.9. The smallest absolute Gasteiger partial charge is 0.195 e. The van der Waals surface area contributed by atoms with Gasteiger partial charge in [-0.3, -0.25) is 4.79 Å². The van der Waals surface area contributed by atoms with Gasteiger partial charge in [-0.25, -0.2) is 0 Å². The number of ketones is 1. The van der Waals surface area contributed by atoms with Gasteiger partial charge in [0.05, 0.1) is 18.1 Å². The number of Topliss-reactive ketones (excluding diaryl/α,β-unsaturated/α-hetero) is 1. The molecule has 1 aromatic carbocycles. The number of halogens is 1. The summed E-state index contributed by atoms with van der Waals surface area (Å²) in [5, 5.41) is 11.1. The molecule has 0 aliphatic carbocycles. The predicted molar refractivity (Wildman–Crippen MR) is 77.7 cm³/mol. The Labute approximate surface area is 123 Å². The van der Waals surface area contributed by atoms with Crippen LogP contribution in [-0.2, 0) is 0 Å². The first-order chi connectivity index (χ1) is 9.17. The lowest BCUT2D eigenvalue weighted by atomic mass is 9.95. The van der Waals surface area contributed by atoms with E-state index in [4.69, 9.17) is 4.74 Å². The van der Waals surface area contributed by atoms with Crippen molar-refractivity contribution >= 4 is 33.0 Å². The van der Waals surface area contributed by atoms with Crippen molar-refractivity contribution in [2.45, 2.75) is 5.92 Å². The van der Waals surface area contributed by atoms with Gasteiger partial charge >= 0.3 is 0 Å². The van der Waals surface area contributed by atoms with Gasteiger partial charge in [-0.15, -0.1) is 11.3 Å². The highest BCUT2D eigenvalue weighted by Crippen LogP contribution is 2.29. The van der Waals surface area contributed by atoms with E-state index < -0.39 is 5.92 Å². The highest BCUT2D eigenvalue weighted by molar-refractivity contribution is 9.10. The molecule has 0 fully saturated rings. The number of carbonyl (C=O) groups excluding carboxylic acids is 1. The minimum atomic E-state index is -0.791. The quantitative estimate of drug-likeness (QED) is 0.793. The van der Waals surface area contributed by atoms with Crippen LogP contribution in [0.25, 0.3) is 0 Å². The highest BCUT2D eigenvalue weighted by Gasteiger charge is 2.24. The molecule has 0 N–H and O–H groups in total. The number of benzene rings is 1. The SMILES string of the molecule is COc1ccc(C(C#N)C(=O)c2sccc2Br)cc1. The van der Waals surface area contributed by atoms with E-state index in [0.29, 0.717) is 16.2 Å². The van der Waals surface area contributed by atoms with Crippen molar-refractivity contribution in [2.75, 3.05) is 7.11 Å². The molecule has 19 heavy (non-hydrogen) atoms. The van der Waals surface area contributed by atoms with Crippen molar-refractivity contribution in [1.82, 2.24) is 0 Å². The Bertz CT molecular complexity index is 628. The van der Waals surface area contributed by atoms with Gasteiger partial charge in [-0.2, -0.15) is 5.26 Å². The minimum Gasteiger partial charge on any atom is -0.497 e. The maximum absolute atomic E-state index is 12.3. The summed E-state index contributed by atoms with van der Waals surface area (Å²) in [6, 6.07) is 10.8. The van der Waals surface area contributed by atoms with Gasteiger partial charge in [0.15, 0.2) is 5.78 Å². The Morgan fingerprint density at radius 1 is 1.37 bits per heavy atom. The number of nitrogens with zero attached hydrogens (tertiary/aromatic N) is 1. The molecular weight excluding hydrogens is 326 g/mol. The zero-order chi connectivity index (χ0) is 13.8. The highest BCUT2D eigenvalue weighted by atomic mass is 79.9. The largest absolute Gasteiger partial charge is 0.497 e. The standard InChI is InChI=1S/C14H10BrNO2S/c1-18-10-4-2-9(3-5-10)11(8-16)13(17)14-12(15)6-7-19-14/h2-7,11H,1H3. The summed E-state index contributed by atoms with van der Waals surface area (Å²) in [5.41, 5.74) is 0.675. The first-order valence-electron chi connectivity index (χ1n) is 5.48. The third-order valence-corrected chi connectivity index (χ3v) is 4.53. The van der Waals surface area contributed by atoms with Gasteiger partial charge in [0, 0.05) is 4.47 Å². The van der Waals surface area contributed by atoms with Gasteiger partial charge < -0.3 is 4.74 Å². The number of hydrogen-bond donors (Lipinski definition) is 0. The van der Waals surface area contributed by atoms with Crippen LogP contribution in [0.3, 0.4) is 0 Å². The summed E-state index contributed by atoms with van der Waals surface area (Å²) in [7, 11) is 1.57. The molecular formula is C14H10BrNO2S. The average molecular weight is 336 g/mol. The Kier molecular flexibility index (Phi) is 4.35. The fourth-order valence-electron chi connectivity index (χ4n) is 1.68. The topological polar surface area (TPSA) is 50.1 Å². The summed E-state index contributed by atoms with van der Waals surface area (Å²) in [6.07, 6.45) is 0. The van der Waals surface area contributed by atoms with E-state index in [1.54, 1.807) is 37.4 Å². The van der Waals surface area contributed by atoms with Gasteiger partial charge in [0.2, 0.25) is 0 Å². The van der Waals surface area contributed by atoms with Crippen LogP contribution in [0.15, 0.2) is 40.2 Å². The molecule has 2 rings (SSSR count). The molecule has 96 valence electrons. The van der Waals surface area contributed by atoms with E-state index in [0.717, 1.165) is 4.47 Å². The minimum absolute atomic E-state index is 0.186. The molecule has 0 radical (unpaired) electrons. The van der Waals surface area contributed by atoms with Crippen molar-refractivity contribution in [3.8, 4) is 11.8 Å². The molecule has 1 aromatic heterocycles. The Morgan fingerprint density at radius 2 is 2.05 bits per heavy atom. The molecule has 0 aliphatic heterocycles. The zero-order valence-electron chi connectivity index (χ0n) is 10.1. The van der Waals surface area contributed by atoms with Gasteiger partial charge in [-0.05, 0) is 45.1 Å². The van der Waals surface area contributed by atoms with Gasteiger partial charge in [0.25, 0.3) is 0 Å². The average Bonchev–Trinajstić information content (AvgIpc) is 2.86. The second-order valence-corrected chi connectivity index (χ2v) is 5.57. The molecule has 2 aromatic rings. The summed E-state index contributed by atoms with van der Waals surface area (Å²) in [5.74, 6) is -0.277. The number of ether oxygens (including phenoxy) is 1. The molecule has 1 atom stereocenters. The number of rotatable bonds is 4. The lowest BCUT2D eigenvalue weighted by molar-refractivity contribution is 0.0982. The van der Waals surface area contributed by atoms with Crippen LogP contribution >= 0.6 is 27.3 Å². The maximum atomic E-state index is 12.3. The fraction of sp³-hybridized carbons (Fsp3) is 0.143. The van der Waals surface area contributed by atoms with Crippen molar-refractivity contribution in [3.05, 3.63) is 50.6 Å². The zero-order valence-corrected chi connectivity index (χ0v) is 12.5. The first kappa shape index (κ1) is 13.8. The van der Waals surface area contributed by atoms with E-state index in [2.05, 4.69) is 22.0 Å². The summed E-state index contributed by atoms with van der Waals surface area (Å²) >= 11 is 4.65. The lowest BCUT2D eigenvalue weighted by Crippen LogP contribution is -2.10. The molecule has 5 heteroatoms. The molecule has 0 amide bonds. The normalized spacial score (nSPS) is 11.6. The number of thiophene rings is 1. The lowest BCUT2D eigenvalue weighted by Gasteiger charge is -2.08. The molecule has 0 bridgehead atoms. The summed E-state index contributed by atoms with van der Waals surface area (Å²) < 4.78 is 5.79. The molecule has 0 aliphatic rings. The van der Waals surface area contributed by atoms with Crippen molar-refractivity contribution < 1.29 is 9.53 Å². The van der Waals surface area contributed by atoms with Crippen molar-refractivity contribution in [3.63, 3.8) is 0 Å². The van der Waals surface area contributed by atoms with Gasteiger partial charge in [-0.1, -0.05) is 12.1 Å². The Morgan fingerprint density at radius 3 is 2.53 bits per heavy atom. The van der Waals surface area contributed by atoms with Crippen LogP contribution in [0.2, 0.25) is 0 Å². The Balaban J connectivity index is 2.32. The molecule has 1 unspecified atom stereocenters. The monoisotopic (exact) mass is 335 g/mol. The maximum Gasteiger partial charge on any atom is 0.195 e. The molecule has 0 spiro atoms. The van der Waals surface area contributed by atoms with E-state index in [-0.39, 0.29) is 5.78 Å². The van der Waals surface area contributed by atoms with Crippen LogP contribution in [0.1, 0.15) is 21.2 Å². The molecule has 3 nitrogen and oxygen atoms in total. The number of carbonyl (C=O) groups is 1. The van der Waals surface area contributed by atoms with E-state index >= 15 is 0 Å². The van der Waals surface area contributed by atoms with Crippen LogP contribution in [0, 0.1) is 11.3 Å². The molecule has 0 saturated carbocycles. The second kappa shape index (κ2) is 6.00. The van der Waals surface area contributed by atoms with Crippen LogP contribution < -0.4 is 4.74 Å². The van der Waals surface area contributed by atoms with E-state index in [1.807, 2.05) is 5.38 Å². The molecule has 0 saturated heterocycles. The predicted octanol–water partition coefficient (Wildman–Crippen LogP) is 4.01. The molecule has 1 heterocycles.